The topological polar surface area (TPSA) is 118 Å². The normalized spacial score (nSPS) is 11.2. The third-order valence-electron chi connectivity index (χ3n) is 3.26. The Morgan fingerprint density at radius 3 is 2.46 bits per heavy atom. The number of sulfonamides is 1. The summed E-state index contributed by atoms with van der Waals surface area (Å²) in [5, 5.41) is 0. The van der Waals surface area contributed by atoms with Gasteiger partial charge in [-0.3, -0.25) is 20.4 Å². The molecule has 0 aliphatic heterocycles. The largest absolute Gasteiger partial charge is 0.469 e. The van der Waals surface area contributed by atoms with Crippen molar-refractivity contribution in [3.8, 4) is 0 Å². The Kier molecular flexibility index (Phi) is 6.05. The van der Waals surface area contributed by atoms with Crippen LogP contribution in [0.1, 0.15) is 22.5 Å². The van der Waals surface area contributed by atoms with Crippen LogP contribution in [0.15, 0.2) is 39.8 Å². The van der Waals surface area contributed by atoms with E-state index in [2.05, 4.69) is 15.6 Å². The molecular weight excluding hydrogens is 372 g/mol. The fourth-order valence-corrected chi connectivity index (χ4v) is 2.95. The molecule has 11 heteroatoms. The zero-order chi connectivity index (χ0) is 19.3. The van der Waals surface area contributed by atoms with E-state index in [0.717, 1.165) is 6.07 Å². The molecule has 8 nitrogen and oxygen atoms in total. The van der Waals surface area contributed by atoms with Gasteiger partial charge in [0.1, 0.15) is 5.76 Å². The van der Waals surface area contributed by atoms with Crippen LogP contribution in [0.2, 0.25) is 0 Å². The predicted molar refractivity (Wildman–Crippen MR) is 85.2 cm³/mol. The lowest BCUT2D eigenvalue weighted by atomic mass is 10.2. The standard InChI is InChI=1S/C15H15F2N3O5S/c1-9-11(5-7-25-9)15(22)20-19-14(21)4-6-18-26(23,24)10-2-3-12(16)13(17)8-10/h2-3,5,7-8,18H,4,6H2,1H3,(H,19,21)(H,20,22). The zero-order valence-electron chi connectivity index (χ0n) is 13.5. The molecule has 0 unspecified atom stereocenters. The average Bonchev–Trinajstić information content (AvgIpc) is 3.01. The Balaban J connectivity index is 1.81. The summed E-state index contributed by atoms with van der Waals surface area (Å²) in [5.41, 5.74) is 4.51. The second-order valence-electron chi connectivity index (χ2n) is 5.12. The van der Waals surface area contributed by atoms with Crippen molar-refractivity contribution in [2.45, 2.75) is 18.2 Å². The van der Waals surface area contributed by atoms with E-state index < -0.39 is 38.4 Å². The van der Waals surface area contributed by atoms with E-state index in [4.69, 9.17) is 4.42 Å². The molecule has 1 heterocycles. The molecule has 1 aromatic heterocycles. The SMILES string of the molecule is Cc1occc1C(=O)NNC(=O)CCNS(=O)(=O)c1ccc(F)c(F)c1. The van der Waals surface area contributed by atoms with Gasteiger partial charge in [-0.05, 0) is 31.2 Å². The van der Waals surface area contributed by atoms with Crippen LogP contribution in [0, 0.1) is 18.6 Å². The van der Waals surface area contributed by atoms with E-state index in [1.807, 2.05) is 0 Å². The zero-order valence-corrected chi connectivity index (χ0v) is 14.3. The molecule has 0 aliphatic rings. The number of furan rings is 1. The van der Waals surface area contributed by atoms with E-state index in [0.29, 0.717) is 17.9 Å². The van der Waals surface area contributed by atoms with Gasteiger partial charge in [-0.25, -0.2) is 21.9 Å². The van der Waals surface area contributed by atoms with Crippen LogP contribution in [0.3, 0.4) is 0 Å². The molecule has 0 atom stereocenters. The highest BCUT2D eigenvalue weighted by Crippen LogP contribution is 2.13. The number of carbonyl (C=O) groups excluding carboxylic acids is 2. The summed E-state index contributed by atoms with van der Waals surface area (Å²) in [4.78, 5) is 22.9. The number of carbonyl (C=O) groups is 2. The van der Waals surface area contributed by atoms with Crippen molar-refractivity contribution in [2.75, 3.05) is 6.54 Å². The lowest BCUT2D eigenvalue weighted by Crippen LogP contribution is -2.42. The first-order chi connectivity index (χ1) is 12.2. The highest BCUT2D eigenvalue weighted by atomic mass is 32.2. The molecule has 2 amide bonds. The van der Waals surface area contributed by atoms with Crippen LogP contribution in [0.5, 0.6) is 0 Å². The lowest BCUT2D eigenvalue weighted by Gasteiger charge is -2.08. The van der Waals surface area contributed by atoms with Gasteiger partial charge < -0.3 is 4.42 Å². The van der Waals surface area contributed by atoms with Crippen LogP contribution in [0.4, 0.5) is 8.78 Å². The Labute approximate surface area is 147 Å². The van der Waals surface area contributed by atoms with Gasteiger partial charge in [-0.1, -0.05) is 0 Å². The minimum absolute atomic E-state index is 0.240. The summed E-state index contributed by atoms with van der Waals surface area (Å²) < 4.78 is 56.8. The molecule has 0 bridgehead atoms. The Morgan fingerprint density at radius 1 is 1.12 bits per heavy atom. The Bertz CT molecular complexity index is 927. The van der Waals surface area contributed by atoms with Crippen LogP contribution < -0.4 is 15.6 Å². The van der Waals surface area contributed by atoms with Crippen molar-refractivity contribution in [2.24, 2.45) is 0 Å². The molecule has 26 heavy (non-hydrogen) atoms. The molecule has 0 saturated carbocycles. The summed E-state index contributed by atoms with van der Waals surface area (Å²) in [6.45, 7) is 1.26. The summed E-state index contributed by atoms with van der Waals surface area (Å²) in [6.07, 6.45) is 1.02. The maximum atomic E-state index is 13.1. The van der Waals surface area contributed by atoms with Gasteiger partial charge in [0.05, 0.1) is 16.7 Å². The van der Waals surface area contributed by atoms with E-state index in [1.165, 1.54) is 12.3 Å². The predicted octanol–water partition coefficient (Wildman–Crippen LogP) is 0.996. The number of halogens is 2. The third kappa shape index (κ3) is 4.86. The molecular formula is C15H15F2N3O5S. The summed E-state index contributed by atoms with van der Waals surface area (Å²) in [5.74, 6) is -3.36. The van der Waals surface area contributed by atoms with Crippen molar-refractivity contribution in [3.63, 3.8) is 0 Å². The van der Waals surface area contributed by atoms with Crippen LogP contribution >= 0.6 is 0 Å². The fraction of sp³-hybridized carbons (Fsp3) is 0.200. The van der Waals surface area contributed by atoms with Crippen LogP contribution in [-0.4, -0.2) is 26.8 Å². The molecule has 0 fully saturated rings. The molecule has 1 aromatic carbocycles. The highest BCUT2D eigenvalue weighted by Gasteiger charge is 2.17. The molecule has 3 N–H and O–H groups in total. The van der Waals surface area contributed by atoms with Crippen molar-refractivity contribution < 1.29 is 31.2 Å². The van der Waals surface area contributed by atoms with E-state index in [-0.39, 0.29) is 18.5 Å². The number of aryl methyl sites for hydroxylation is 1. The van der Waals surface area contributed by atoms with E-state index in [1.54, 1.807) is 6.92 Å². The third-order valence-corrected chi connectivity index (χ3v) is 4.72. The van der Waals surface area contributed by atoms with Gasteiger partial charge in [0.2, 0.25) is 15.9 Å². The number of benzene rings is 1. The maximum absolute atomic E-state index is 13.1. The van der Waals surface area contributed by atoms with Crippen molar-refractivity contribution in [1.29, 1.82) is 0 Å². The first-order valence-corrected chi connectivity index (χ1v) is 8.77. The van der Waals surface area contributed by atoms with Crippen molar-refractivity contribution >= 4 is 21.8 Å². The van der Waals surface area contributed by atoms with Gasteiger partial charge in [0, 0.05) is 13.0 Å². The Morgan fingerprint density at radius 2 is 1.85 bits per heavy atom. The number of rotatable bonds is 6. The monoisotopic (exact) mass is 387 g/mol. The maximum Gasteiger partial charge on any atom is 0.273 e. The van der Waals surface area contributed by atoms with Crippen molar-refractivity contribution in [1.82, 2.24) is 15.6 Å². The van der Waals surface area contributed by atoms with Gasteiger partial charge in [-0.2, -0.15) is 0 Å². The number of hydrogen-bond donors (Lipinski definition) is 3. The molecule has 0 radical (unpaired) electrons. The van der Waals surface area contributed by atoms with Gasteiger partial charge in [-0.15, -0.1) is 0 Å². The first-order valence-electron chi connectivity index (χ1n) is 7.28. The molecule has 0 spiro atoms. The summed E-state index contributed by atoms with van der Waals surface area (Å²) in [6, 6.07) is 3.54. The molecule has 0 aliphatic carbocycles. The summed E-state index contributed by atoms with van der Waals surface area (Å²) in [7, 11) is -4.10. The number of nitrogens with one attached hydrogen (secondary N) is 3. The van der Waals surface area contributed by atoms with Crippen molar-refractivity contribution in [3.05, 3.63) is 53.5 Å². The van der Waals surface area contributed by atoms with Gasteiger partial charge >= 0.3 is 0 Å². The van der Waals surface area contributed by atoms with Gasteiger partial charge in [0.15, 0.2) is 11.6 Å². The molecule has 140 valence electrons. The minimum atomic E-state index is -4.10. The van der Waals surface area contributed by atoms with E-state index >= 15 is 0 Å². The first kappa shape index (κ1) is 19.5. The van der Waals surface area contributed by atoms with Gasteiger partial charge in [0.25, 0.3) is 5.91 Å². The molecule has 0 saturated heterocycles. The van der Waals surface area contributed by atoms with Crippen LogP contribution in [0.25, 0.3) is 0 Å². The fourth-order valence-electron chi connectivity index (χ4n) is 1.90. The lowest BCUT2D eigenvalue weighted by molar-refractivity contribution is -0.121. The second kappa shape index (κ2) is 8.06. The summed E-state index contributed by atoms with van der Waals surface area (Å²) >= 11 is 0. The van der Waals surface area contributed by atoms with Crippen LogP contribution in [-0.2, 0) is 14.8 Å². The highest BCUT2D eigenvalue weighted by molar-refractivity contribution is 7.89. The molecule has 2 rings (SSSR count). The Hall–Kier alpha value is -2.79. The average molecular weight is 387 g/mol. The number of amides is 2. The number of hydrazine groups is 1. The quantitative estimate of drug-likeness (QED) is 0.639. The number of hydrogen-bond acceptors (Lipinski definition) is 5. The smallest absolute Gasteiger partial charge is 0.273 e. The van der Waals surface area contributed by atoms with E-state index in [9.17, 15) is 26.8 Å². The minimum Gasteiger partial charge on any atom is -0.469 e. The second-order valence-corrected chi connectivity index (χ2v) is 6.88. The molecule has 2 aromatic rings.